The zero-order valence-corrected chi connectivity index (χ0v) is 14.9. The summed E-state index contributed by atoms with van der Waals surface area (Å²) < 4.78 is 12.3. The molecule has 1 aromatic carbocycles. The Labute approximate surface area is 147 Å². The van der Waals surface area contributed by atoms with Gasteiger partial charge in [0.2, 0.25) is 0 Å². The average Bonchev–Trinajstić information content (AvgIpc) is 2.89. The summed E-state index contributed by atoms with van der Waals surface area (Å²) in [6, 6.07) is 5.89. The molecule has 1 aliphatic rings. The quantitative estimate of drug-likeness (QED) is 0.838. The second-order valence-corrected chi connectivity index (χ2v) is 6.07. The lowest BCUT2D eigenvalue weighted by atomic mass is 10.2. The highest BCUT2D eigenvalue weighted by atomic mass is 16.5. The molecule has 0 spiro atoms. The van der Waals surface area contributed by atoms with Crippen molar-refractivity contribution in [3.8, 4) is 11.5 Å². The fourth-order valence-electron chi connectivity index (χ4n) is 3.06. The Hall–Kier alpha value is -2.70. The van der Waals surface area contributed by atoms with Gasteiger partial charge in [0, 0.05) is 69.5 Å². The first-order valence-electron chi connectivity index (χ1n) is 8.37. The SMILES string of the molecule is COc1cc(OC)cc(N2CCCN(c3nccn(C)c3=O)CC2)c1. The summed E-state index contributed by atoms with van der Waals surface area (Å²) in [5.74, 6) is 2.07. The van der Waals surface area contributed by atoms with Gasteiger partial charge in [0.15, 0.2) is 5.82 Å². The van der Waals surface area contributed by atoms with Crippen LogP contribution < -0.4 is 24.8 Å². The molecule has 2 heterocycles. The van der Waals surface area contributed by atoms with E-state index in [-0.39, 0.29) is 5.56 Å². The van der Waals surface area contributed by atoms with Crippen LogP contribution in [0.2, 0.25) is 0 Å². The standard InChI is InChI=1S/C18H24N4O3/c1-20-8-5-19-17(18(20)23)22-7-4-6-21(9-10-22)14-11-15(24-2)13-16(12-14)25-3/h5,8,11-13H,4,6-7,9-10H2,1-3H3. The van der Waals surface area contributed by atoms with E-state index in [4.69, 9.17) is 9.47 Å². The number of anilines is 2. The summed E-state index contributed by atoms with van der Waals surface area (Å²) in [7, 11) is 5.05. The third kappa shape index (κ3) is 3.70. The van der Waals surface area contributed by atoms with Crippen molar-refractivity contribution in [1.82, 2.24) is 9.55 Å². The predicted octanol–water partition coefficient (Wildman–Crippen LogP) is 1.51. The minimum Gasteiger partial charge on any atom is -0.497 e. The molecule has 7 nitrogen and oxygen atoms in total. The summed E-state index contributed by atoms with van der Waals surface area (Å²) >= 11 is 0. The van der Waals surface area contributed by atoms with Gasteiger partial charge in [-0.2, -0.15) is 0 Å². The Morgan fingerprint density at radius 2 is 1.60 bits per heavy atom. The lowest BCUT2D eigenvalue weighted by Crippen LogP contribution is -2.35. The maximum atomic E-state index is 12.3. The van der Waals surface area contributed by atoms with Gasteiger partial charge in [0.05, 0.1) is 14.2 Å². The van der Waals surface area contributed by atoms with Crippen LogP contribution in [0.5, 0.6) is 11.5 Å². The normalized spacial score (nSPS) is 15.0. The van der Waals surface area contributed by atoms with Crippen LogP contribution in [-0.2, 0) is 7.05 Å². The van der Waals surface area contributed by atoms with Crippen LogP contribution in [0, 0.1) is 0 Å². The van der Waals surface area contributed by atoms with Crippen LogP contribution in [-0.4, -0.2) is 49.9 Å². The molecule has 3 rings (SSSR count). The Morgan fingerprint density at radius 1 is 0.960 bits per heavy atom. The molecule has 1 saturated heterocycles. The van der Waals surface area contributed by atoms with Crippen molar-refractivity contribution < 1.29 is 9.47 Å². The molecule has 0 aliphatic carbocycles. The maximum absolute atomic E-state index is 12.3. The molecule has 0 saturated carbocycles. The molecular formula is C18H24N4O3. The molecule has 0 bridgehead atoms. The second kappa shape index (κ2) is 7.46. The van der Waals surface area contributed by atoms with Crippen molar-refractivity contribution in [2.45, 2.75) is 6.42 Å². The zero-order chi connectivity index (χ0) is 17.8. The second-order valence-electron chi connectivity index (χ2n) is 6.07. The highest BCUT2D eigenvalue weighted by Gasteiger charge is 2.19. The van der Waals surface area contributed by atoms with Crippen LogP contribution in [0.4, 0.5) is 11.5 Å². The largest absolute Gasteiger partial charge is 0.497 e. The Bertz CT molecular complexity index is 768. The highest BCUT2D eigenvalue weighted by Crippen LogP contribution is 2.29. The number of ether oxygens (including phenoxy) is 2. The van der Waals surface area contributed by atoms with E-state index in [1.54, 1.807) is 38.2 Å². The minimum atomic E-state index is -0.0565. The van der Waals surface area contributed by atoms with Crippen LogP contribution in [0.25, 0.3) is 0 Å². The van der Waals surface area contributed by atoms with Crippen LogP contribution >= 0.6 is 0 Å². The first kappa shape index (κ1) is 17.1. The number of aromatic nitrogens is 2. The monoisotopic (exact) mass is 344 g/mol. The van der Waals surface area contributed by atoms with Gasteiger partial charge in [-0.1, -0.05) is 0 Å². The molecule has 1 fully saturated rings. The third-order valence-corrected chi connectivity index (χ3v) is 4.50. The Morgan fingerprint density at radius 3 is 2.28 bits per heavy atom. The molecule has 1 aliphatic heterocycles. The zero-order valence-electron chi connectivity index (χ0n) is 14.9. The molecule has 2 aromatic rings. The van der Waals surface area contributed by atoms with E-state index in [1.165, 1.54) is 0 Å². The molecule has 0 radical (unpaired) electrons. The molecule has 0 atom stereocenters. The molecule has 25 heavy (non-hydrogen) atoms. The van der Waals surface area contributed by atoms with E-state index in [2.05, 4.69) is 14.8 Å². The van der Waals surface area contributed by atoms with Gasteiger partial charge >= 0.3 is 0 Å². The van der Waals surface area contributed by atoms with E-state index < -0.39 is 0 Å². The number of rotatable bonds is 4. The summed E-state index contributed by atoms with van der Waals surface area (Å²) in [6.45, 7) is 3.26. The fourth-order valence-corrected chi connectivity index (χ4v) is 3.06. The highest BCUT2D eigenvalue weighted by molar-refractivity contribution is 5.56. The molecule has 0 N–H and O–H groups in total. The predicted molar refractivity (Wildman–Crippen MR) is 98.1 cm³/mol. The topological polar surface area (TPSA) is 59.8 Å². The van der Waals surface area contributed by atoms with Crippen molar-refractivity contribution >= 4 is 11.5 Å². The van der Waals surface area contributed by atoms with E-state index in [0.29, 0.717) is 5.82 Å². The van der Waals surface area contributed by atoms with E-state index in [0.717, 1.165) is 49.8 Å². The van der Waals surface area contributed by atoms with Crippen molar-refractivity contribution in [3.63, 3.8) is 0 Å². The van der Waals surface area contributed by atoms with Crippen LogP contribution in [0.15, 0.2) is 35.4 Å². The fraction of sp³-hybridized carbons (Fsp3) is 0.444. The molecular weight excluding hydrogens is 320 g/mol. The first-order valence-corrected chi connectivity index (χ1v) is 8.37. The maximum Gasteiger partial charge on any atom is 0.293 e. The van der Waals surface area contributed by atoms with E-state index in [1.807, 2.05) is 18.2 Å². The summed E-state index contributed by atoms with van der Waals surface area (Å²) in [6.07, 6.45) is 4.30. The molecule has 0 unspecified atom stereocenters. The summed E-state index contributed by atoms with van der Waals surface area (Å²) in [4.78, 5) is 21.0. The minimum absolute atomic E-state index is 0.0565. The van der Waals surface area contributed by atoms with Gasteiger partial charge in [-0.25, -0.2) is 4.98 Å². The molecule has 1 aromatic heterocycles. The van der Waals surface area contributed by atoms with E-state index >= 15 is 0 Å². The number of nitrogens with zero attached hydrogens (tertiary/aromatic N) is 4. The molecule has 0 amide bonds. The lowest BCUT2D eigenvalue weighted by Gasteiger charge is -2.24. The van der Waals surface area contributed by atoms with Crippen molar-refractivity contribution in [1.29, 1.82) is 0 Å². The number of methoxy groups -OCH3 is 2. The lowest BCUT2D eigenvalue weighted by molar-refractivity contribution is 0.394. The Balaban J connectivity index is 1.80. The van der Waals surface area contributed by atoms with Gasteiger partial charge in [-0.3, -0.25) is 4.79 Å². The number of benzene rings is 1. The van der Waals surface area contributed by atoms with Gasteiger partial charge in [-0.15, -0.1) is 0 Å². The van der Waals surface area contributed by atoms with Crippen LogP contribution in [0.3, 0.4) is 0 Å². The van der Waals surface area contributed by atoms with Gasteiger partial charge in [-0.05, 0) is 6.42 Å². The van der Waals surface area contributed by atoms with E-state index in [9.17, 15) is 4.79 Å². The van der Waals surface area contributed by atoms with Crippen molar-refractivity contribution in [2.24, 2.45) is 7.05 Å². The van der Waals surface area contributed by atoms with Gasteiger partial charge in [0.25, 0.3) is 5.56 Å². The molecule has 134 valence electrons. The first-order chi connectivity index (χ1) is 12.1. The average molecular weight is 344 g/mol. The number of hydrogen-bond donors (Lipinski definition) is 0. The van der Waals surface area contributed by atoms with Crippen LogP contribution in [0.1, 0.15) is 6.42 Å². The smallest absolute Gasteiger partial charge is 0.293 e. The van der Waals surface area contributed by atoms with Crippen molar-refractivity contribution in [2.75, 3.05) is 50.2 Å². The van der Waals surface area contributed by atoms with Gasteiger partial charge < -0.3 is 23.8 Å². The summed E-state index contributed by atoms with van der Waals surface area (Å²) in [5, 5.41) is 0. The number of hydrogen-bond acceptors (Lipinski definition) is 6. The Kier molecular flexibility index (Phi) is 5.11. The summed E-state index contributed by atoms with van der Waals surface area (Å²) in [5.41, 5.74) is 1.01. The third-order valence-electron chi connectivity index (χ3n) is 4.50. The molecule has 7 heteroatoms. The number of aryl methyl sites for hydroxylation is 1. The van der Waals surface area contributed by atoms with Gasteiger partial charge in [0.1, 0.15) is 11.5 Å². The van der Waals surface area contributed by atoms with Crippen molar-refractivity contribution in [3.05, 3.63) is 40.9 Å².